The van der Waals surface area contributed by atoms with E-state index in [2.05, 4.69) is 0 Å². The lowest BCUT2D eigenvalue weighted by atomic mass is 10.1. The molecule has 1 N–H and O–H groups in total. The number of phenols is 1. The van der Waals surface area contributed by atoms with Crippen LogP contribution in [0.25, 0.3) is 12.2 Å². The topological polar surface area (TPSA) is 64.6 Å². The van der Waals surface area contributed by atoms with Gasteiger partial charge in [-0.15, -0.1) is 0 Å². The number of aryl methyl sites for hydroxylation is 1. The minimum absolute atomic E-state index is 0. The highest BCUT2D eigenvalue weighted by molar-refractivity contribution is 5.73. The standard InChI is InChI=1S/C17H20N2O4.ClH/c1-11-8-13(19(3)17(21)18(11)2)7-6-12-9-14(22-4)10-15(20)16(12)23-5;/h6-10H,1-5H3;1H/b7-6+;. The van der Waals surface area contributed by atoms with Crippen LogP contribution in [-0.2, 0) is 14.1 Å². The zero-order valence-electron chi connectivity index (χ0n) is 14.3. The summed E-state index contributed by atoms with van der Waals surface area (Å²) in [5.41, 5.74) is 2.15. The van der Waals surface area contributed by atoms with Gasteiger partial charge in [-0.05, 0) is 25.1 Å². The van der Waals surface area contributed by atoms with E-state index in [4.69, 9.17) is 9.47 Å². The Kier molecular flexibility index (Phi) is 6.42. The van der Waals surface area contributed by atoms with Gasteiger partial charge in [-0.1, -0.05) is 0 Å². The molecule has 0 aliphatic heterocycles. The van der Waals surface area contributed by atoms with Crippen molar-refractivity contribution in [2.45, 2.75) is 6.92 Å². The molecular weight excluding hydrogens is 332 g/mol. The minimum Gasteiger partial charge on any atom is -1.00 e. The number of hydrogen-bond donors (Lipinski definition) is 1. The zero-order valence-corrected chi connectivity index (χ0v) is 15.1. The smallest absolute Gasteiger partial charge is 0.498 e. The normalized spacial score (nSPS) is 10.5. The fourth-order valence-corrected chi connectivity index (χ4v) is 2.30. The van der Waals surface area contributed by atoms with Gasteiger partial charge in [0.05, 0.1) is 28.3 Å². The molecule has 0 atom stereocenters. The van der Waals surface area contributed by atoms with E-state index in [1.807, 2.05) is 13.0 Å². The molecule has 0 saturated heterocycles. The predicted molar refractivity (Wildman–Crippen MR) is 87.7 cm³/mol. The lowest BCUT2D eigenvalue weighted by Gasteiger charge is -2.10. The van der Waals surface area contributed by atoms with Crippen LogP contribution in [0.2, 0.25) is 0 Å². The van der Waals surface area contributed by atoms with Crippen LogP contribution in [0.1, 0.15) is 17.0 Å². The maximum absolute atomic E-state index is 12.1. The predicted octanol–water partition coefficient (Wildman–Crippen LogP) is -1.58. The van der Waals surface area contributed by atoms with Crippen LogP contribution in [0.3, 0.4) is 0 Å². The van der Waals surface area contributed by atoms with Crippen molar-refractivity contribution in [1.29, 1.82) is 0 Å². The summed E-state index contributed by atoms with van der Waals surface area (Å²) in [4.78, 5) is 12.1. The Morgan fingerprint density at radius 2 is 1.83 bits per heavy atom. The number of methoxy groups -OCH3 is 2. The van der Waals surface area contributed by atoms with Crippen LogP contribution in [0.5, 0.6) is 17.2 Å². The van der Waals surface area contributed by atoms with Crippen molar-refractivity contribution in [3.8, 4) is 17.2 Å². The molecule has 2 rings (SSSR count). The van der Waals surface area contributed by atoms with Gasteiger partial charge < -0.3 is 27.0 Å². The molecule has 130 valence electrons. The van der Waals surface area contributed by atoms with Gasteiger partial charge in [0, 0.05) is 17.7 Å². The van der Waals surface area contributed by atoms with Gasteiger partial charge >= 0.3 is 5.69 Å². The largest absolute Gasteiger partial charge is 1.00 e. The molecule has 6 nitrogen and oxygen atoms in total. The average Bonchev–Trinajstić information content (AvgIpc) is 2.54. The Morgan fingerprint density at radius 3 is 2.42 bits per heavy atom. The summed E-state index contributed by atoms with van der Waals surface area (Å²) < 4.78 is 13.5. The number of ether oxygens (including phenoxy) is 2. The van der Waals surface area contributed by atoms with Crippen LogP contribution in [0.4, 0.5) is 0 Å². The SMILES string of the molecule is COc1cc(O)c(OC)c(/C=C/c2cc(C)n(C)c(=O)[n+]2C)c1.[Cl-]. The second-order valence-electron chi connectivity index (χ2n) is 5.21. The van der Waals surface area contributed by atoms with Crippen molar-refractivity contribution in [2.75, 3.05) is 14.2 Å². The van der Waals surface area contributed by atoms with E-state index in [0.717, 1.165) is 11.4 Å². The Balaban J connectivity index is 0.00000288. The van der Waals surface area contributed by atoms with E-state index in [1.54, 1.807) is 41.4 Å². The Bertz CT molecular complexity index is 828. The van der Waals surface area contributed by atoms with E-state index in [9.17, 15) is 9.90 Å². The molecule has 0 saturated carbocycles. The highest BCUT2D eigenvalue weighted by atomic mass is 35.5. The molecule has 0 unspecified atom stereocenters. The number of nitrogens with zero attached hydrogens (tertiary/aromatic N) is 2. The lowest BCUT2D eigenvalue weighted by Crippen LogP contribution is -3.00. The Hall–Kier alpha value is -2.47. The van der Waals surface area contributed by atoms with Crippen molar-refractivity contribution >= 4 is 12.2 Å². The molecule has 0 aliphatic rings. The third-order valence-corrected chi connectivity index (χ3v) is 3.79. The van der Waals surface area contributed by atoms with Crippen LogP contribution < -0.4 is 32.1 Å². The quantitative estimate of drug-likeness (QED) is 0.674. The third kappa shape index (κ3) is 3.71. The van der Waals surface area contributed by atoms with Gasteiger partial charge in [0.25, 0.3) is 0 Å². The molecule has 0 fully saturated rings. The average molecular weight is 353 g/mol. The molecule has 1 aromatic carbocycles. The molecule has 7 heteroatoms. The van der Waals surface area contributed by atoms with E-state index >= 15 is 0 Å². The Labute approximate surface area is 147 Å². The molecule has 0 bridgehead atoms. The molecule has 0 spiro atoms. The van der Waals surface area contributed by atoms with Gasteiger partial charge in [-0.2, -0.15) is 13.9 Å². The number of aromatic nitrogens is 2. The second-order valence-corrected chi connectivity index (χ2v) is 5.21. The molecule has 2 aromatic rings. The number of rotatable bonds is 4. The first-order chi connectivity index (χ1) is 10.9. The number of hydrogen-bond acceptors (Lipinski definition) is 4. The highest BCUT2D eigenvalue weighted by Gasteiger charge is 2.13. The summed E-state index contributed by atoms with van der Waals surface area (Å²) >= 11 is 0. The summed E-state index contributed by atoms with van der Waals surface area (Å²) in [5, 5.41) is 9.98. The first kappa shape index (κ1) is 19.6. The molecule has 1 heterocycles. The fraction of sp³-hybridized carbons (Fsp3) is 0.294. The van der Waals surface area contributed by atoms with Crippen molar-refractivity contribution in [2.24, 2.45) is 14.1 Å². The molecule has 0 amide bonds. The Morgan fingerprint density at radius 1 is 1.17 bits per heavy atom. The van der Waals surface area contributed by atoms with Gasteiger partial charge in [0.2, 0.25) is 0 Å². The summed E-state index contributed by atoms with van der Waals surface area (Å²) in [7, 11) is 6.45. The first-order valence-corrected chi connectivity index (χ1v) is 7.08. The van der Waals surface area contributed by atoms with Crippen molar-refractivity contribution in [1.82, 2.24) is 4.57 Å². The monoisotopic (exact) mass is 352 g/mol. The number of halogens is 1. The van der Waals surface area contributed by atoms with Crippen LogP contribution >= 0.6 is 0 Å². The molecular formula is C17H21ClN2O4. The zero-order chi connectivity index (χ0) is 17.1. The fourth-order valence-electron chi connectivity index (χ4n) is 2.30. The van der Waals surface area contributed by atoms with Crippen LogP contribution in [0, 0.1) is 6.92 Å². The van der Waals surface area contributed by atoms with Crippen molar-refractivity contribution in [3.63, 3.8) is 0 Å². The van der Waals surface area contributed by atoms with E-state index in [-0.39, 0.29) is 23.8 Å². The highest BCUT2D eigenvalue weighted by Crippen LogP contribution is 2.35. The summed E-state index contributed by atoms with van der Waals surface area (Å²) in [6.07, 6.45) is 3.57. The van der Waals surface area contributed by atoms with Gasteiger partial charge in [-0.25, -0.2) is 0 Å². The number of phenolic OH excluding ortho intramolecular Hbond substituents is 1. The maximum atomic E-state index is 12.1. The van der Waals surface area contributed by atoms with Crippen LogP contribution in [-0.4, -0.2) is 23.9 Å². The maximum Gasteiger partial charge on any atom is 0.498 e. The molecule has 1 aromatic heterocycles. The van der Waals surface area contributed by atoms with E-state index in [1.165, 1.54) is 20.3 Å². The molecule has 0 radical (unpaired) electrons. The molecule has 24 heavy (non-hydrogen) atoms. The lowest BCUT2D eigenvalue weighted by molar-refractivity contribution is -0.692. The van der Waals surface area contributed by atoms with Crippen molar-refractivity contribution in [3.05, 3.63) is 45.6 Å². The van der Waals surface area contributed by atoms with E-state index < -0.39 is 0 Å². The molecule has 0 aliphatic carbocycles. The minimum atomic E-state index is -0.106. The number of aromatic hydroxyl groups is 1. The summed E-state index contributed by atoms with van der Waals surface area (Å²) in [5.74, 6) is 0.869. The van der Waals surface area contributed by atoms with E-state index in [0.29, 0.717) is 17.1 Å². The van der Waals surface area contributed by atoms with Gasteiger partial charge in [0.15, 0.2) is 11.5 Å². The first-order valence-electron chi connectivity index (χ1n) is 7.08. The summed E-state index contributed by atoms with van der Waals surface area (Å²) in [6.45, 7) is 1.87. The third-order valence-electron chi connectivity index (χ3n) is 3.79. The van der Waals surface area contributed by atoms with Crippen LogP contribution in [0.15, 0.2) is 23.0 Å². The van der Waals surface area contributed by atoms with Gasteiger partial charge in [-0.3, -0.25) is 0 Å². The summed E-state index contributed by atoms with van der Waals surface area (Å²) in [6, 6.07) is 5.14. The van der Waals surface area contributed by atoms with Gasteiger partial charge in [0.1, 0.15) is 17.1 Å². The number of benzene rings is 1. The second kappa shape index (κ2) is 7.88. The van der Waals surface area contributed by atoms with Crippen molar-refractivity contribution < 1.29 is 31.6 Å².